The van der Waals surface area contributed by atoms with Gasteiger partial charge in [-0.05, 0) is 37.5 Å². The van der Waals surface area contributed by atoms with Gasteiger partial charge in [0.1, 0.15) is 0 Å². The van der Waals surface area contributed by atoms with E-state index in [2.05, 4.69) is 5.32 Å². The van der Waals surface area contributed by atoms with Gasteiger partial charge in [0.25, 0.3) is 0 Å². The van der Waals surface area contributed by atoms with E-state index >= 15 is 0 Å². The van der Waals surface area contributed by atoms with Crippen LogP contribution in [0.2, 0.25) is 0 Å². The summed E-state index contributed by atoms with van der Waals surface area (Å²) in [5.74, 6) is 0.0446. The van der Waals surface area contributed by atoms with E-state index in [9.17, 15) is 18.0 Å². The first-order valence-electron chi connectivity index (χ1n) is 6.97. The van der Waals surface area contributed by atoms with E-state index in [4.69, 9.17) is 0 Å². The molecule has 0 aliphatic carbocycles. The maximum Gasteiger partial charge on any atom is 0.416 e. The molecule has 1 amide bonds. The van der Waals surface area contributed by atoms with Crippen LogP contribution in [0.25, 0.3) is 0 Å². The minimum Gasteiger partial charge on any atom is -0.382 e. The molecular weight excluding hydrogens is 281 g/mol. The van der Waals surface area contributed by atoms with E-state index < -0.39 is 11.7 Å². The molecule has 1 N–H and O–H groups in total. The Hall–Kier alpha value is -1.72. The lowest BCUT2D eigenvalue weighted by Crippen LogP contribution is -2.41. The SMILES string of the molecule is CC(=O)N1CCC(Nc2ccc(C)c(C(F)(F)F)c2)CC1. The van der Waals surface area contributed by atoms with Gasteiger partial charge >= 0.3 is 6.18 Å². The van der Waals surface area contributed by atoms with Crippen molar-refractivity contribution in [2.45, 2.75) is 38.9 Å². The number of amides is 1. The molecule has 0 spiro atoms. The summed E-state index contributed by atoms with van der Waals surface area (Å²) in [5, 5.41) is 3.14. The number of rotatable bonds is 2. The molecule has 6 heteroatoms. The summed E-state index contributed by atoms with van der Waals surface area (Å²) < 4.78 is 38.6. The summed E-state index contributed by atoms with van der Waals surface area (Å²) in [6, 6.07) is 4.41. The lowest BCUT2D eigenvalue weighted by molar-refractivity contribution is -0.138. The van der Waals surface area contributed by atoms with Crippen molar-refractivity contribution in [2.24, 2.45) is 0 Å². The van der Waals surface area contributed by atoms with Crippen LogP contribution in [0.4, 0.5) is 18.9 Å². The first-order chi connectivity index (χ1) is 9.77. The highest BCUT2D eigenvalue weighted by Gasteiger charge is 2.32. The van der Waals surface area contributed by atoms with Gasteiger partial charge in [-0.15, -0.1) is 0 Å². The van der Waals surface area contributed by atoms with Gasteiger partial charge in [-0.25, -0.2) is 0 Å². The van der Waals surface area contributed by atoms with Gasteiger partial charge in [-0.3, -0.25) is 4.79 Å². The molecule has 0 unspecified atom stereocenters. The number of nitrogens with one attached hydrogen (secondary N) is 1. The van der Waals surface area contributed by atoms with Crippen molar-refractivity contribution in [3.8, 4) is 0 Å². The average molecular weight is 300 g/mol. The standard InChI is InChI=1S/C15H19F3N2O/c1-10-3-4-13(9-14(10)15(16,17)18)19-12-5-7-20(8-6-12)11(2)21/h3-4,9,12,19H,5-8H2,1-2H3. The van der Waals surface area contributed by atoms with Crippen molar-refractivity contribution in [1.82, 2.24) is 4.90 Å². The number of likely N-dealkylation sites (tertiary alicyclic amines) is 1. The molecule has 3 nitrogen and oxygen atoms in total. The predicted octanol–water partition coefficient (Wildman–Crippen LogP) is 3.44. The Morgan fingerprint density at radius 1 is 1.29 bits per heavy atom. The second-order valence-corrected chi connectivity index (χ2v) is 5.45. The molecule has 1 aliphatic rings. The highest BCUT2D eigenvalue weighted by molar-refractivity contribution is 5.73. The van der Waals surface area contributed by atoms with Crippen molar-refractivity contribution in [2.75, 3.05) is 18.4 Å². The average Bonchev–Trinajstić information content (AvgIpc) is 2.40. The molecule has 1 aromatic carbocycles. The smallest absolute Gasteiger partial charge is 0.382 e. The van der Waals surface area contributed by atoms with Gasteiger partial charge in [0.05, 0.1) is 5.56 Å². The fourth-order valence-corrected chi connectivity index (χ4v) is 2.59. The number of carbonyl (C=O) groups is 1. The summed E-state index contributed by atoms with van der Waals surface area (Å²) in [7, 11) is 0. The number of hydrogen-bond donors (Lipinski definition) is 1. The number of carbonyl (C=O) groups excluding carboxylic acids is 1. The summed E-state index contributed by atoms with van der Waals surface area (Å²) in [6.45, 7) is 4.28. The molecule has 1 fully saturated rings. The van der Waals surface area contributed by atoms with E-state index in [0.29, 0.717) is 18.8 Å². The third kappa shape index (κ3) is 3.89. The van der Waals surface area contributed by atoms with Crippen LogP contribution < -0.4 is 5.32 Å². The minimum atomic E-state index is -4.33. The molecule has 0 radical (unpaired) electrons. The van der Waals surface area contributed by atoms with Crippen molar-refractivity contribution in [1.29, 1.82) is 0 Å². The predicted molar refractivity (Wildman–Crippen MR) is 75.1 cm³/mol. The summed E-state index contributed by atoms with van der Waals surface area (Å²) in [4.78, 5) is 13.0. The monoisotopic (exact) mass is 300 g/mol. The molecule has 21 heavy (non-hydrogen) atoms. The normalized spacial score (nSPS) is 16.9. The van der Waals surface area contributed by atoms with Crippen LogP contribution in [0.15, 0.2) is 18.2 Å². The first kappa shape index (κ1) is 15.7. The second kappa shape index (κ2) is 5.95. The number of hydrogen-bond acceptors (Lipinski definition) is 2. The molecule has 1 heterocycles. The zero-order valence-corrected chi connectivity index (χ0v) is 12.1. The van der Waals surface area contributed by atoms with Crippen molar-refractivity contribution >= 4 is 11.6 Å². The number of halogens is 3. The molecule has 1 aliphatic heterocycles. The number of nitrogens with zero attached hydrogens (tertiary/aromatic N) is 1. The lowest BCUT2D eigenvalue weighted by Gasteiger charge is -2.32. The molecule has 1 saturated heterocycles. The zero-order valence-electron chi connectivity index (χ0n) is 12.1. The number of benzene rings is 1. The van der Waals surface area contributed by atoms with Gasteiger partial charge in [0.15, 0.2) is 0 Å². The van der Waals surface area contributed by atoms with Crippen LogP contribution in [-0.4, -0.2) is 29.9 Å². The second-order valence-electron chi connectivity index (χ2n) is 5.45. The highest BCUT2D eigenvalue weighted by Crippen LogP contribution is 2.33. The fourth-order valence-electron chi connectivity index (χ4n) is 2.59. The quantitative estimate of drug-likeness (QED) is 0.907. The van der Waals surface area contributed by atoms with Crippen molar-refractivity contribution in [3.05, 3.63) is 29.3 Å². The summed E-state index contributed by atoms with van der Waals surface area (Å²) in [6.07, 6.45) is -2.84. The third-order valence-corrected chi connectivity index (χ3v) is 3.85. The van der Waals surface area contributed by atoms with E-state index in [0.717, 1.165) is 18.9 Å². The van der Waals surface area contributed by atoms with E-state index in [1.165, 1.54) is 19.9 Å². The minimum absolute atomic E-state index is 0.0446. The van der Waals surface area contributed by atoms with Crippen molar-refractivity contribution < 1.29 is 18.0 Å². The molecule has 0 bridgehead atoms. The van der Waals surface area contributed by atoms with Crippen molar-refractivity contribution in [3.63, 3.8) is 0 Å². The molecule has 0 saturated carbocycles. The van der Waals surface area contributed by atoms with E-state index in [1.807, 2.05) is 0 Å². The van der Waals surface area contributed by atoms with Gasteiger partial charge < -0.3 is 10.2 Å². The Morgan fingerprint density at radius 2 is 1.90 bits per heavy atom. The Morgan fingerprint density at radius 3 is 2.43 bits per heavy atom. The molecular formula is C15H19F3N2O. The van der Waals surface area contributed by atoms with Crippen LogP contribution in [0.1, 0.15) is 30.9 Å². The van der Waals surface area contributed by atoms with Gasteiger partial charge in [-0.1, -0.05) is 6.07 Å². The van der Waals surface area contributed by atoms with Crippen LogP contribution >= 0.6 is 0 Å². The largest absolute Gasteiger partial charge is 0.416 e. The van der Waals surface area contributed by atoms with Crippen LogP contribution in [-0.2, 0) is 11.0 Å². The van der Waals surface area contributed by atoms with Gasteiger partial charge in [0.2, 0.25) is 5.91 Å². The number of anilines is 1. The Kier molecular flexibility index (Phi) is 4.44. The van der Waals surface area contributed by atoms with Crippen LogP contribution in [0.3, 0.4) is 0 Å². The maximum absolute atomic E-state index is 12.9. The third-order valence-electron chi connectivity index (χ3n) is 3.85. The highest BCUT2D eigenvalue weighted by atomic mass is 19.4. The topological polar surface area (TPSA) is 32.3 Å². The van der Waals surface area contributed by atoms with E-state index in [-0.39, 0.29) is 17.5 Å². The zero-order chi connectivity index (χ0) is 15.6. The lowest BCUT2D eigenvalue weighted by atomic mass is 10.0. The number of aryl methyl sites for hydroxylation is 1. The first-order valence-corrected chi connectivity index (χ1v) is 6.97. The fraction of sp³-hybridized carbons (Fsp3) is 0.533. The van der Waals surface area contributed by atoms with E-state index in [1.54, 1.807) is 11.0 Å². The van der Waals surface area contributed by atoms with Crippen LogP contribution in [0, 0.1) is 6.92 Å². The van der Waals surface area contributed by atoms with Gasteiger partial charge in [0, 0.05) is 31.7 Å². The molecule has 1 aromatic rings. The summed E-state index contributed by atoms with van der Waals surface area (Å²) >= 11 is 0. The molecule has 0 atom stereocenters. The van der Waals surface area contributed by atoms with Crippen LogP contribution in [0.5, 0.6) is 0 Å². The number of piperidine rings is 1. The maximum atomic E-state index is 12.9. The Labute approximate surface area is 122 Å². The Balaban J connectivity index is 2.03. The molecule has 2 rings (SSSR count). The molecule has 116 valence electrons. The summed E-state index contributed by atoms with van der Waals surface area (Å²) in [5.41, 5.74) is 0.0994. The Bertz CT molecular complexity index is 520. The number of alkyl halides is 3. The molecule has 0 aromatic heterocycles. The van der Waals surface area contributed by atoms with Gasteiger partial charge in [-0.2, -0.15) is 13.2 Å².